The average molecular weight is 169 g/mol. The molecule has 1 aliphatic rings. The molecule has 1 fully saturated rings. The molecule has 1 heterocycles. The Morgan fingerprint density at radius 2 is 2.17 bits per heavy atom. The molecule has 0 bridgehead atoms. The second kappa shape index (κ2) is 5.18. The molecule has 1 aliphatic heterocycles. The fourth-order valence-electron chi connectivity index (χ4n) is 1.67. The number of rotatable bonds is 5. The molecule has 2 nitrogen and oxygen atoms in total. The highest BCUT2D eigenvalue weighted by Gasteiger charge is 2.18. The lowest BCUT2D eigenvalue weighted by Crippen LogP contribution is -2.25. The highest BCUT2D eigenvalue weighted by molar-refractivity contribution is 5.77. The summed E-state index contributed by atoms with van der Waals surface area (Å²) in [6, 6.07) is 0. The van der Waals surface area contributed by atoms with Crippen molar-refractivity contribution in [1.82, 2.24) is 4.90 Å². The highest BCUT2D eigenvalue weighted by Crippen LogP contribution is 2.11. The predicted octanol–water partition coefficient (Wildman–Crippen LogP) is 2.19. The van der Waals surface area contributed by atoms with E-state index in [1.165, 1.54) is 25.7 Å². The Balaban J connectivity index is 2.02. The van der Waals surface area contributed by atoms with Crippen molar-refractivity contribution >= 4 is 5.91 Å². The third kappa shape index (κ3) is 2.84. The van der Waals surface area contributed by atoms with E-state index in [0.717, 1.165) is 25.9 Å². The second-order valence-corrected chi connectivity index (χ2v) is 3.55. The van der Waals surface area contributed by atoms with Crippen LogP contribution in [0.1, 0.15) is 45.4 Å². The third-order valence-electron chi connectivity index (χ3n) is 2.45. The molecule has 0 aromatic carbocycles. The maximum Gasteiger partial charge on any atom is 0.222 e. The van der Waals surface area contributed by atoms with Gasteiger partial charge in [0.1, 0.15) is 0 Å². The van der Waals surface area contributed by atoms with Crippen LogP contribution < -0.4 is 0 Å². The van der Waals surface area contributed by atoms with Crippen molar-refractivity contribution in [3.05, 3.63) is 0 Å². The van der Waals surface area contributed by atoms with Crippen molar-refractivity contribution in [2.75, 3.05) is 13.1 Å². The summed E-state index contributed by atoms with van der Waals surface area (Å²) in [4.78, 5) is 13.2. The normalized spacial score (nSPS) is 17.4. The molecule has 0 unspecified atom stereocenters. The smallest absolute Gasteiger partial charge is 0.222 e. The number of likely N-dealkylation sites (tertiary alicyclic amines) is 1. The molecule has 0 atom stereocenters. The van der Waals surface area contributed by atoms with Gasteiger partial charge in [-0.3, -0.25) is 4.79 Å². The van der Waals surface area contributed by atoms with E-state index in [4.69, 9.17) is 0 Å². The Hall–Kier alpha value is -0.530. The van der Waals surface area contributed by atoms with Crippen LogP contribution in [0, 0.1) is 0 Å². The van der Waals surface area contributed by atoms with E-state index in [2.05, 4.69) is 6.92 Å². The van der Waals surface area contributed by atoms with Gasteiger partial charge < -0.3 is 4.90 Å². The number of nitrogens with zero attached hydrogens (tertiary/aromatic N) is 1. The van der Waals surface area contributed by atoms with E-state index < -0.39 is 0 Å². The average Bonchev–Trinajstić information content (AvgIpc) is 2.46. The van der Waals surface area contributed by atoms with Crippen LogP contribution in [0.3, 0.4) is 0 Å². The highest BCUT2D eigenvalue weighted by atomic mass is 16.2. The minimum absolute atomic E-state index is 0.367. The van der Waals surface area contributed by atoms with E-state index >= 15 is 0 Å². The van der Waals surface area contributed by atoms with Crippen LogP contribution in [0.5, 0.6) is 0 Å². The van der Waals surface area contributed by atoms with Crippen LogP contribution in [-0.2, 0) is 4.79 Å². The van der Waals surface area contributed by atoms with E-state index in [1.807, 2.05) is 4.90 Å². The minimum atomic E-state index is 0.367. The van der Waals surface area contributed by atoms with Gasteiger partial charge in [-0.05, 0) is 12.8 Å². The second-order valence-electron chi connectivity index (χ2n) is 3.55. The molecule has 1 rings (SSSR count). The maximum atomic E-state index is 11.2. The van der Waals surface area contributed by atoms with Crippen molar-refractivity contribution < 1.29 is 4.79 Å². The zero-order valence-electron chi connectivity index (χ0n) is 8.01. The summed E-state index contributed by atoms with van der Waals surface area (Å²) >= 11 is 0. The SMILES string of the molecule is CCCCCCN1CCCC1=O. The summed E-state index contributed by atoms with van der Waals surface area (Å²) in [5.74, 6) is 0.367. The first-order valence-electron chi connectivity index (χ1n) is 5.12. The molecule has 1 saturated heterocycles. The van der Waals surface area contributed by atoms with Crippen LogP contribution in [0.2, 0.25) is 0 Å². The van der Waals surface area contributed by atoms with E-state index in [-0.39, 0.29) is 0 Å². The summed E-state index contributed by atoms with van der Waals surface area (Å²) in [6.45, 7) is 4.21. The topological polar surface area (TPSA) is 20.3 Å². The van der Waals surface area contributed by atoms with Gasteiger partial charge in [0.15, 0.2) is 0 Å². The first kappa shape index (κ1) is 9.56. The fraction of sp³-hybridized carbons (Fsp3) is 0.900. The van der Waals surface area contributed by atoms with Crippen LogP contribution in [0.25, 0.3) is 0 Å². The van der Waals surface area contributed by atoms with Gasteiger partial charge >= 0.3 is 0 Å². The van der Waals surface area contributed by atoms with Gasteiger partial charge in [-0.15, -0.1) is 0 Å². The van der Waals surface area contributed by atoms with E-state index in [1.54, 1.807) is 0 Å². The molecule has 0 N–H and O–H groups in total. The van der Waals surface area contributed by atoms with Gasteiger partial charge in [-0.1, -0.05) is 26.2 Å². The monoisotopic (exact) mass is 169 g/mol. The number of carbonyl (C=O) groups is 1. The Kier molecular flexibility index (Phi) is 4.12. The summed E-state index contributed by atoms with van der Waals surface area (Å²) in [6.07, 6.45) is 6.91. The Morgan fingerprint density at radius 3 is 2.75 bits per heavy atom. The van der Waals surface area contributed by atoms with Crippen molar-refractivity contribution in [2.45, 2.75) is 45.4 Å². The standard InChI is InChI=1S/C10H19NO/c1-2-3-4-5-8-11-9-6-7-10(11)12/h2-9H2,1H3. The molecule has 12 heavy (non-hydrogen) atoms. The Bertz CT molecular complexity index is 145. The first-order chi connectivity index (χ1) is 5.84. The van der Waals surface area contributed by atoms with E-state index in [9.17, 15) is 4.79 Å². The van der Waals surface area contributed by atoms with Gasteiger partial charge in [0.25, 0.3) is 0 Å². The van der Waals surface area contributed by atoms with Crippen molar-refractivity contribution in [1.29, 1.82) is 0 Å². The number of hydrogen-bond acceptors (Lipinski definition) is 1. The maximum absolute atomic E-state index is 11.2. The largest absolute Gasteiger partial charge is 0.343 e. The summed E-state index contributed by atoms with van der Waals surface area (Å²) in [5.41, 5.74) is 0. The molecule has 0 radical (unpaired) electrons. The Morgan fingerprint density at radius 1 is 1.33 bits per heavy atom. The van der Waals surface area contributed by atoms with E-state index in [0.29, 0.717) is 5.91 Å². The molecule has 2 heteroatoms. The predicted molar refractivity (Wildman–Crippen MR) is 50.0 cm³/mol. The van der Waals surface area contributed by atoms with Crippen molar-refractivity contribution in [3.63, 3.8) is 0 Å². The van der Waals surface area contributed by atoms with Gasteiger partial charge in [-0.2, -0.15) is 0 Å². The van der Waals surface area contributed by atoms with Crippen LogP contribution in [0.15, 0.2) is 0 Å². The number of hydrogen-bond donors (Lipinski definition) is 0. The quantitative estimate of drug-likeness (QED) is 0.578. The lowest BCUT2D eigenvalue weighted by Gasteiger charge is -2.14. The lowest BCUT2D eigenvalue weighted by molar-refractivity contribution is -0.127. The molecule has 1 amide bonds. The zero-order valence-corrected chi connectivity index (χ0v) is 8.01. The molecule has 0 saturated carbocycles. The lowest BCUT2D eigenvalue weighted by atomic mass is 10.2. The first-order valence-corrected chi connectivity index (χ1v) is 5.12. The molecular weight excluding hydrogens is 150 g/mol. The van der Waals surface area contributed by atoms with Crippen LogP contribution >= 0.6 is 0 Å². The number of carbonyl (C=O) groups excluding carboxylic acids is 1. The molecule has 0 aromatic heterocycles. The van der Waals surface area contributed by atoms with Gasteiger partial charge in [0.05, 0.1) is 0 Å². The molecule has 70 valence electrons. The molecular formula is C10H19NO. The van der Waals surface area contributed by atoms with Crippen molar-refractivity contribution in [2.24, 2.45) is 0 Å². The Labute approximate surface area is 74.9 Å². The molecule has 0 aromatic rings. The number of amides is 1. The van der Waals surface area contributed by atoms with Gasteiger partial charge in [0.2, 0.25) is 5.91 Å². The van der Waals surface area contributed by atoms with Crippen molar-refractivity contribution in [3.8, 4) is 0 Å². The fourth-order valence-corrected chi connectivity index (χ4v) is 1.67. The van der Waals surface area contributed by atoms with Gasteiger partial charge in [0, 0.05) is 19.5 Å². The third-order valence-corrected chi connectivity index (χ3v) is 2.45. The van der Waals surface area contributed by atoms with Crippen LogP contribution in [0.4, 0.5) is 0 Å². The minimum Gasteiger partial charge on any atom is -0.343 e. The molecule has 0 spiro atoms. The summed E-state index contributed by atoms with van der Waals surface area (Å²) in [7, 11) is 0. The zero-order chi connectivity index (χ0) is 8.81. The summed E-state index contributed by atoms with van der Waals surface area (Å²) in [5, 5.41) is 0. The number of unbranched alkanes of at least 4 members (excludes halogenated alkanes) is 3. The van der Waals surface area contributed by atoms with Gasteiger partial charge in [-0.25, -0.2) is 0 Å². The summed E-state index contributed by atoms with van der Waals surface area (Å²) < 4.78 is 0. The van der Waals surface area contributed by atoms with Crippen LogP contribution in [-0.4, -0.2) is 23.9 Å². The molecule has 0 aliphatic carbocycles.